The smallest absolute Gasteiger partial charge is 0.254 e. The van der Waals surface area contributed by atoms with E-state index in [2.05, 4.69) is 4.98 Å². The first-order chi connectivity index (χ1) is 10.1. The lowest BCUT2D eigenvalue weighted by atomic mass is 10.2. The van der Waals surface area contributed by atoms with Crippen LogP contribution in [0.25, 0.3) is 0 Å². The van der Waals surface area contributed by atoms with Gasteiger partial charge in [-0.05, 0) is 17.5 Å². The number of carbonyl (C=O) groups excluding carboxylic acids is 1. The third-order valence-corrected chi connectivity index (χ3v) is 4.31. The molecule has 1 saturated heterocycles. The van der Waals surface area contributed by atoms with Crippen LogP contribution in [0.2, 0.25) is 5.02 Å². The molecule has 1 aliphatic rings. The molecule has 110 valence electrons. The largest absolute Gasteiger partial charge is 0.351 e. The van der Waals surface area contributed by atoms with Crippen LogP contribution >= 0.6 is 22.9 Å². The summed E-state index contributed by atoms with van der Waals surface area (Å²) in [6, 6.07) is 3.08. The van der Waals surface area contributed by atoms with E-state index in [1.54, 1.807) is 4.90 Å². The number of halogens is 2. The normalized spacial score (nSPS) is 15.3. The highest BCUT2D eigenvalue weighted by Gasteiger charge is 2.24. The predicted molar refractivity (Wildman–Crippen MR) is 81.6 cm³/mol. The average Bonchev–Trinajstić information content (AvgIpc) is 3.01. The van der Waals surface area contributed by atoms with Crippen LogP contribution in [0, 0.1) is 5.82 Å². The van der Waals surface area contributed by atoms with Crippen LogP contribution in [0.4, 0.5) is 10.2 Å². The zero-order valence-corrected chi connectivity index (χ0v) is 12.7. The average molecular weight is 326 g/mol. The second kappa shape index (κ2) is 5.99. The lowest BCUT2D eigenvalue weighted by Crippen LogP contribution is -2.49. The molecule has 2 aromatic rings. The zero-order valence-electron chi connectivity index (χ0n) is 11.1. The van der Waals surface area contributed by atoms with Crippen molar-refractivity contribution in [1.29, 1.82) is 0 Å². The summed E-state index contributed by atoms with van der Waals surface area (Å²) in [6.07, 6.45) is 1.43. The van der Waals surface area contributed by atoms with Crippen molar-refractivity contribution in [3.05, 3.63) is 45.5 Å². The Kier molecular flexibility index (Phi) is 4.07. The Balaban J connectivity index is 1.66. The fourth-order valence-corrected chi connectivity index (χ4v) is 3.10. The summed E-state index contributed by atoms with van der Waals surface area (Å²) in [7, 11) is 0. The van der Waals surface area contributed by atoms with Crippen molar-refractivity contribution < 1.29 is 9.18 Å². The number of carbonyl (C=O) groups is 1. The molecule has 0 aliphatic carbocycles. The standard InChI is InChI=1S/C14H13ClFN3OS/c15-11-7-12(16)13(17-8-11)18-2-4-19(5-3-18)14(20)10-1-6-21-9-10/h1,6-9H,2-5H2. The van der Waals surface area contributed by atoms with Crippen molar-refractivity contribution in [3.8, 4) is 0 Å². The fraction of sp³-hybridized carbons (Fsp3) is 0.286. The summed E-state index contributed by atoms with van der Waals surface area (Å²) in [6.45, 7) is 2.22. The maximum absolute atomic E-state index is 13.8. The fourth-order valence-electron chi connectivity index (χ4n) is 2.33. The van der Waals surface area contributed by atoms with E-state index in [4.69, 9.17) is 11.6 Å². The molecule has 1 amide bonds. The van der Waals surface area contributed by atoms with Crippen molar-refractivity contribution >= 4 is 34.7 Å². The third-order valence-electron chi connectivity index (χ3n) is 3.42. The Labute approximate surface area is 130 Å². The summed E-state index contributed by atoms with van der Waals surface area (Å²) in [5, 5.41) is 4.01. The zero-order chi connectivity index (χ0) is 14.8. The third kappa shape index (κ3) is 3.01. The van der Waals surface area contributed by atoms with E-state index in [-0.39, 0.29) is 10.9 Å². The van der Waals surface area contributed by atoms with Crippen molar-refractivity contribution in [2.45, 2.75) is 0 Å². The number of nitrogens with zero attached hydrogens (tertiary/aromatic N) is 3. The Hall–Kier alpha value is -1.66. The van der Waals surface area contributed by atoms with Crippen molar-refractivity contribution in [2.75, 3.05) is 31.1 Å². The van der Waals surface area contributed by atoms with E-state index >= 15 is 0 Å². The molecule has 0 radical (unpaired) electrons. The Morgan fingerprint density at radius 2 is 2.10 bits per heavy atom. The van der Waals surface area contributed by atoms with Gasteiger partial charge in [-0.15, -0.1) is 0 Å². The number of pyridine rings is 1. The van der Waals surface area contributed by atoms with Gasteiger partial charge in [-0.25, -0.2) is 9.37 Å². The summed E-state index contributed by atoms with van der Waals surface area (Å²) >= 11 is 7.21. The van der Waals surface area contributed by atoms with Crippen LogP contribution in [0.5, 0.6) is 0 Å². The van der Waals surface area contributed by atoms with Crippen molar-refractivity contribution in [1.82, 2.24) is 9.88 Å². The quantitative estimate of drug-likeness (QED) is 0.852. The number of aromatic nitrogens is 1. The molecule has 21 heavy (non-hydrogen) atoms. The summed E-state index contributed by atoms with van der Waals surface area (Å²) in [5.74, 6) is -0.109. The van der Waals surface area contributed by atoms with Gasteiger partial charge in [-0.3, -0.25) is 4.79 Å². The highest BCUT2D eigenvalue weighted by Crippen LogP contribution is 2.21. The Morgan fingerprint density at radius 1 is 1.33 bits per heavy atom. The van der Waals surface area contributed by atoms with Gasteiger partial charge >= 0.3 is 0 Å². The number of amides is 1. The van der Waals surface area contributed by atoms with Gasteiger partial charge in [0.15, 0.2) is 11.6 Å². The molecule has 0 aromatic carbocycles. The molecule has 7 heteroatoms. The topological polar surface area (TPSA) is 36.4 Å². The molecule has 3 heterocycles. The molecule has 0 spiro atoms. The molecule has 1 aliphatic heterocycles. The number of hydrogen-bond donors (Lipinski definition) is 0. The van der Waals surface area contributed by atoms with Crippen LogP contribution in [-0.2, 0) is 0 Å². The summed E-state index contributed by atoms with van der Waals surface area (Å²) in [4.78, 5) is 19.9. The van der Waals surface area contributed by atoms with Gasteiger partial charge in [0.25, 0.3) is 5.91 Å². The molecule has 0 atom stereocenters. The second-order valence-electron chi connectivity index (χ2n) is 4.75. The molecule has 2 aromatic heterocycles. The molecular formula is C14H13ClFN3OS. The number of piperazine rings is 1. The molecule has 3 rings (SSSR count). The van der Waals surface area contributed by atoms with Crippen molar-refractivity contribution in [3.63, 3.8) is 0 Å². The Bertz CT molecular complexity index is 642. The van der Waals surface area contributed by atoms with Crippen molar-refractivity contribution in [2.24, 2.45) is 0 Å². The molecule has 0 saturated carbocycles. The first-order valence-electron chi connectivity index (χ1n) is 6.52. The molecule has 0 bridgehead atoms. The van der Waals surface area contributed by atoms with E-state index in [9.17, 15) is 9.18 Å². The number of thiophene rings is 1. The van der Waals surface area contributed by atoms with Gasteiger partial charge in [-0.2, -0.15) is 11.3 Å². The number of rotatable bonds is 2. The van der Waals surface area contributed by atoms with E-state index in [1.165, 1.54) is 23.6 Å². The van der Waals surface area contributed by atoms with Gasteiger partial charge in [0.1, 0.15) is 0 Å². The summed E-state index contributed by atoms with van der Waals surface area (Å²) in [5.41, 5.74) is 0.712. The van der Waals surface area contributed by atoms with Gasteiger partial charge in [0.2, 0.25) is 0 Å². The van der Waals surface area contributed by atoms with Crippen LogP contribution in [0.1, 0.15) is 10.4 Å². The predicted octanol–water partition coefficient (Wildman–Crippen LogP) is 2.90. The van der Waals surface area contributed by atoms with E-state index < -0.39 is 5.82 Å². The van der Waals surface area contributed by atoms with E-state index in [0.717, 1.165) is 0 Å². The number of anilines is 1. The van der Waals surface area contributed by atoms with Crippen LogP contribution in [0.3, 0.4) is 0 Å². The lowest BCUT2D eigenvalue weighted by molar-refractivity contribution is 0.0747. The molecular weight excluding hydrogens is 313 g/mol. The monoisotopic (exact) mass is 325 g/mol. The Morgan fingerprint density at radius 3 is 2.71 bits per heavy atom. The van der Waals surface area contributed by atoms with E-state index in [1.807, 2.05) is 21.7 Å². The van der Waals surface area contributed by atoms with Gasteiger partial charge in [0.05, 0.1) is 10.6 Å². The minimum atomic E-state index is -0.430. The highest BCUT2D eigenvalue weighted by atomic mass is 35.5. The molecule has 0 unspecified atom stereocenters. The molecule has 1 fully saturated rings. The maximum Gasteiger partial charge on any atom is 0.254 e. The van der Waals surface area contributed by atoms with Gasteiger partial charge < -0.3 is 9.80 Å². The maximum atomic E-state index is 13.8. The summed E-state index contributed by atoms with van der Waals surface area (Å²) < 4.78 is 13.8. The van der Waals surface area contributed by atoms with Crippen LogP contribution in [0.15, 0.2) is 29.1 Å². The molecule has 4 nitrogen and oxygen atoms in total. The van der Waals surface area contributed by atoms with Crippen LogP contribution < -0.4 is 4.90 Å². The van der Waals surface area contributed by atoms with Crippen LogP contribution in [-0.4, -0.2) is 42.0 Å². The minimum Gasteiger partial charge on any atom is -0.351 e. The first kappa shape index (κ1) is 14.3. The lowest BCUT2D eigenvalue weighted by Gasteiger charge is -2.35. The second-order valence-corrected chi connectivity index (χ2v) is 5.97. The SMILES string of the molecule is O=C(c1ccsc1)N1CCN(c2ncc(Cl)cc2F)CC1. The first-order valence-corrected chi connectivity index (χ1v) is 7.84. The molecule has 0 N–H and O–H groups in total. The highest BCUT2D eigenvalue weighted by molar-refractivity contribution is 7.08. The van der Waals surface area contributed by atoms with Gasteiger partial charge in [0, 0.05) is 37.8 Å². The number of hydrogen-bond acceptors (Lipinski definition) is 4. The van der Waals surface area contributed by atoms with E-state index in [0.29, 0.717) is 37.6 Å². The minimum absolute atomic E-state index is 0.0282. The van der Waals surface area contributed by atoms with Gasteiger partial charge in [-0.1, -0.05) is 11.6 Å².